The zero-order chi connectivity index (χ0) is 16.6. The Morgan fingerprint density at radius 1 is 1.04 bits per heavy atom. The van der Waals surface area contributed by atoms with E-state index in [-0.39, 0.29) is 0 Å². The van der Waals surface area contributed by atoms with Gasteiger partial charge in [-0.15, -0.1) is 0 Å². The monoisotopic (exact) mass is 349 g/mol. The molecule has 2 atom stereocenters. The van der Waals surface area contributed by atoms with Gasteiger partial charge < -0.3 is 9.64 Å². The Balaban J connectivity index is 2.06. The molecule has 0 unspecified atom stereocenters. The van der Waals surface area contributed by atoms with Crippen molar-refractivity contribution >= 4 is 23.2 Å². The fourth-order valence-electron chi connectivity index (χ4n) is 3.40. The first-order valence-corrected chi connectivity index (χ1v) is 8.53. The quantitative estimate of drug-likeness (QED) is 0.772. The maximum atomic E-state index is 6.24. The van der Waals surface area contributed by atoms with Gasteiger partial charge in [0.1, 0.15) is 5.75 Å². The largest absolute Gasteiger partial charge is 0.497 e. The molecule has 1 aliphatic rings. The van der Waals surface area contributed by atoms with Crippen LogP contribution in [0, 0.1) is 0 Å². The molecule has 0 amide bonds. The minimum absolute atomic E-state index is 0.326. The van der Waals surface area contributed by atoms with Crippen molar-refractivity contribution in [3.63, 3.8) is 0 Å². The van der Waals surface area contributed by atoms with E-state index in [0.29, 0.717) is 22.0 Å². The molecule has 0 radical (unpaired) electrons. The van der Waals surface area contributed by atoms with E-state index in [0.717, 1.165) is 18.6 Å². The number of rotatable bonds is 3. The molecule has 0 spiro atoms. The first kappa shape index (κ1) is 16.6. The number of ether oxygens (including phenoxy) is 1. The van der Waals surface area contributed by atoms with E-state index in [1.54, 1.807) is 7.11 Å². The second-order valence-corrected chi connectivity index (χ2v) is 7.16. The number of hydrogen-bond acceptors (Lipinski definition) is 2. The van der Waals surface area contributed by atoms with Gasteiger partial charge in [0, 0.05) is 12.0 Å². The Hall–Kier alpha value is -1.22. The van der Waals surface area contributed by atoms with Crippen molar-refractivity contribution < 1.29 is 4.74 Å². The zero-order valence-electron chi connectivity index (χ0n) is 13.6. The van der Waals surface area contributed by atoms with E-state index in [2.05, 4.69) is 37.2 Å². The number of fused-ring (bicyclic) bond motifs is 1. The van der Waals surface area contributed by atoms with E-state index in [1.165, 1.54) is 16.7 Å². The lowest BCUT2D eigenvalue weighted by molar-refractivity contribution is 0.258. The van der Waals surface area contributed by atoms with E-state index in [9.17, 15) is 0 Å². The van der Waals surface area contributed by atoms with Crippen molar-refractivity contribution in [2.24, 2.45) is 0 Å². The zero-order valence-corrected chi connectivity index (χ0v) is 15.2. The van der Waals surface area contributed by atoms with Crippen LogP contribution in [0.3, 0.4) is 0 Å². The van der Waals surface area contributed by atoms with Gasteiger partial charge in [-0.25, -0.2) is 0 Å². The SMILES string of the molecule is COc1ccc2c(c1)C[C@@H](N(C)C)C[C@H]2c1ccc(Cl)c(Cl)c1. The Kier molecular flexibility index (Phi) is 4.86. The first-order chi connectivity index (χ1) is 11.0. The highest BCUT2D eigenvalue weighted by Gasteiger charge is 2.29. The third kappa shape index (κ3) is 3.35. The molecule has 0 N–H and O–H groups in total. The Morgan fingerprint density at radius 3 is 2.48 bits per heavy atom. The minimum Gasteiger partial charge on any atom is -0.497 e. The average Bonchev–Trinajstić information content (AvgIpc) is 2.55. The van der Waals surface area contributed by atoms with Crippen LogP contribution < -0.4 is 4.74 Å². The van der Waals surface area contributed by atoms with Gasteiger partial charge in [-0.1, -0.05) is 35.3 Å². The third-order valence-electron chi connectivity index (χ3n) is 4.77. The predicted octanol–water partition coefficient (Wildman–Crippen LogP) is 5.01. The van der Waals surface area contributed by atoms with Gasteiger partial charge in [0.15, 0.2) is 0 Å². The molecule has 2 aromatic carbocycles. The van der Waals surface area contributed by atoms with E-state index in [1.807, 2.05) is 18.2 Å². The lowest BCUT2D eigenvalue weighted by Crippen LogP contribution is -2.35. The molecule has 3 rings (SSSR count). The molecule has 1 aliphatic carbocycles. The third-order valence-corrected chi connectivity index (χ3v) is 5.50. The molecule has 0 heterocycles. The van der Waals surface area contributed by atoms with Crippen LogP contribution in [0.4, 0.5) is 0 Å². The second-order valence-electron chi connectivity index (χ2n) is 6.35. The van der Waals surface area contributed by atoms with Crippen molar-refractivity contribution in [1.29, 1.82) is 0 Å². The van der Waals surface area contributed by atoms with Crippen LogP contribution in [0.1, 0.15) is 29.0 Å². The topological polar surface area (TPSA) is 12.5 Å². The van der Waals surface area contributed by atoms with E-state index >= 15 is 0 Å². The number of halogens is 2. The highest BCUT2D eigenvalue weighted by atomic mass is 35.5. The highest BCUT2D eigenvalue weighted by molar-refractivity contribution is 6.42. The smallest absolute Gasteiger partial charge is 0.119 e. The number of hydrogen-bond donors (Lipinski definition) is 0. The minimum atomic E-state index is 0.326. The van der Waals surface area contributed by atoms with Crippen LogP contribution in [0.15, 0.2) is 36.4 Å². The summed E-state index contributed by atoms with van der Waals surface area (Å²) in [6, 6.07) is 12.9. The molecule has 23 heavy (non-hydrogen) atoms. The fraction of sp³-hybridized carbons (Fsp3) is 0.368. The molecule has 0 aromatic heterocycles. The van der Waals surface area contributed by atoms with Crippen LogP contribution in [-0.2, 0) is 6.42 Å². The van der Waals surface area contributed by atoms with Gasteiger partial charge in [0.2, 0.25) is 0 Å². The highest BCUT2D eigenvalue weighted by Crippen LogP contribution is 2.40. The summed E-state index contributed by atoms with van der Waals surface area (Å²) in [6.07, 6.45) is 2.11. The maximum absolute atomic E-state index is 6.24. The van der Waals surface area contributed by atoms with Crippen LogP contribution >= 0.6 is 23.2 Å². The van der Waals surface area contributed by atoms with Gasteiger partial charge in [0.25, 0.3) is 0 Å². The van der Waals surface area contributed by atoms with Gasteiger partial charge in [-0.3, -0.25) is 0 Å². The number of methoxy groups -OCH3 is 1. The standard InChI is InChI=1S/C19H21Cl2NO/c1-22(2)14-8-13-9-15(23-3)5-6-16(13)17(11-14)12-4-7-18(20)19(21)10-12/h4-7,9-10,14,17H,8,11H2,1-3H3/t14-,17+/m1/s1. The van der Waals surface area contributed by atoms with Crippen molar-refractivity contribution in [2.75, 3.05) is 21.2 Å². The number of nitrogens with zero attached hydrogens (tertiary/aromatic N) is 1. The van der Waals surface area contributed by atoms with Crippen LogP contribution in [-0.4, -0.2) is 32.1 Å². The van der Waals surface area contributed by atoms with Crippen LogP contribution in [0.2, 0.25) is 10.0 Å². The summed E-state index contributed by atoms with van der Waals surface area (Å²) in [5, 5.41) is 1.22. The summed E-state index contributed by atoms with van der Waals surface area (Å²) in [5.74, 6) is 1.24. The van der Waals surface area contributed by atoms with Crippen molar-refractivity contribution in [3.05, 3.63) is 63.1 Å². The Labute approximate surface area is 148 Å². The lowest BCUT2D eigenvalue weighted by Gasteiger charge is -2.35. The van der Waals surface area contributed by atoms with Crippen molar-refractivity contribution in [3.8, 4) is 5.75 Å². The fourth-order valence-corrected chi connectivity index (χ4v) is 3.71. The molecule has 0 saturated heterocycles. The summed E-state index contributed by atoms with van der Waals surface area (Å²) >= 11 is 12.3. The van der Waals surface area contributed by atoms with Gasteiger partial charge >= 0.3 is 0 Å². The Morgan fingerprint density at radius 2 is 1.83 bits per heavy atom. The molecular formula is C19H21Cl2NO. The molecule has 2 aromatic rings. The summed E-state index contributed by atoms with van der Waals surface area (Å²) in [7, 11) is 5.99. The van der Waals surface area contributed by atoms with Crippen LogP contribution in [0.25, 0.3) is 0 Å². The summed E-state index contributed by atoms with van der Waals surface area (Å²) in [4.78, 5) is 2.30. The molecular weight excluding hydrogens is 329 g/mol. The lowest BCUT2D eigenvalue weighted by atomic mass is 9.76. The molecule has 122 valence electrons. The summed E-state index contributed by atoms with van der Waals surface area (Å²) in [6.45, 7) is 0. The Bertz CT molecular complexity index is 715. The predicted molar refractivity (Wildman–Crippen MR) is 97.1 cm³/mol. The van der Waals surface area contributed by atoms with Gasteiger partial charge in [-0.05, 0) is 67.9 Å². The van der Waals surface area contributed by atoms with E-state index < -0.39 is 0 Å². The molecule has 0 fully saturated rings. The average molecular weight is 350 g/mol. The van der Waals surface area contributed by atoms with Crippen molar-refractivity contribution in [2.45, 2.75) is 24.8 Å². The molecule has 0 bridgehead atoms. The van der Waals surface area contributed by atoms with Crippen molar-refractivity contribution in [1.82, 2.24) is 4.90 Å². The molecule has 2 nitrogen and oxygen atoms in total. The number of likely N-dealkylation sites (N-methyl/N-ethyl adjacent to an activating group) is 1. The van der Waals surface area contributed by atoms with Crippen LogP contribution in [0.5, 0.6) is 5.75 Å². The summed E-state index contributed by atoms with van der Waals surface area (Å²) in [5.41, 5.74) is 3.94. The second kappa shape index (κ2) is 6.72. The molecule has 0 saturated carbocycles. The molecule has 0 aliphatic heterocycles. The van der Waals surface area contributed by atoms with Gasteiger partial charge in [0.05, 0.1) is 17.2 Å². The van der Waals surface area contributed by atoms with Gasteiger partial charge in [-0.2, -0.15) is 0 Å². The van der Waals surface area contributed by atoms with E-state index in [4.69, 9.17) is 27.9 Å². The number of benzene rings is 2. The maximum Gasteiger partial charge on any atom is 0.119 e. The first-order valence-electron chi connectivity index (χ1n) is 7.77. The normalized spacial score (nSPS) is 20.4. The summed E-state index contributed by atoms with van der Waals surface area (Å²) < 4.78 is 5.40. The molecule has 4 heteroatoms.